The van der Waals surface area contributed by atoms with Crippen LogP contribution in [0.15, 0.2) is 24.4 Å². The Morgan fingerprint density at radius 2 is 2.00 bits per heavy atom. The van der Waals surface area contributed by atoms with E-state index in [0.29, 0.717) is 5.95 Å². The van der Waals surface area contributed by atoms with E-state index in [-0.39, 0.29) is 0 Å². The van der Waals surface area contributed by atoms with E-state index in [9.17, 15) is 0 Å². The van der Waals surface area contributed by atoms with E-state index in [1.54, 1.807) is 0 Å². The van der Waals surface area contributed by atoms with Crippen molar-refractivity contribution in [3.63, 3.8) is 0 Å². The van der Waals surface area contributed by atoms with Gasteiger partial charge in [-0.1, -0.05) is 13.0 Å². The first-order chi connectivity index (χ1) is 8.71. The lowest BCUT2D eigenvalue weighted by Gasteiger charge is -2.05. The Hall–Kier alpha value is -1.97. The highest BCUT2D eigenvalue weighted by Gasteiger charge is 2.03. The minimum Gasteiger partial charge on any atom is -0.357 e. The minimum absolute atomic E-state index is 0.662. The largest absolute Gasteiger partial charge is 0.357 e. The maximum Gasteiger partial charge on any atom is 0.222 e. The molecule has 0 aliphatic rings. The van der Waals surface area contributed by atoms with Gasteiger partial charge in [-0.15, -0.1) is 0 Å². The van der Waals surface area contributed by atoms with Gasteiger partial charge < -0.3 is 5.32 Å². The van der Waals surface area contributed by atoms with Gasteiger partial charge in [-0.2, -0.15) is 0 Å². The summed E-state index contributed by atoms with van der Waals surface area (Å²) in [5, 5.41) is 2.97. The molecule has 0 fully saturated rings. The van der Waals surface area contributed by atoms with Gasteiger partial charge in [0, 0.05) is 31.1 Å². The molecule has 0 radical (unpaired) electrons. The molecule has 4 heteroatoms. The van der Waals surface area contributed by atoms with E-state index in [0.717, 1.165) is 29.9 Å². The first-order valence-corrected chi connectivity index (χ1v) is 6.17. The lowest BCUT2D eigenvalue weighted by Crippen LogP contribution is -2.03. The van der Waals surface area contributed by atoms with Gasteiger partial charge in [-0.05, 0) is 31.0 Å². The summed E-state index contributed by atoms with van der Waals surface area (Å²) >= 11 is 0. The van der Waals surface area contributed by atoms with E-state index in [2.05, 4.69) is 39.3 Å². The summed E-state index contributed by atoms with van der Waals surface area (Å²) in [4.78, 5) is 13.2. The van der Waals surface area contributed by atoms with Crippen LogP contribution in [-0.4, -0.2) is 22.0 Å². The normalized spacial score (nSPS) is 10.4. The number of nitrogens with zero attached hydrogens (tertiary/aromatic N) is 3. The van der Waals surface area contributed by atoms with Crippen LogP contribution in [0.25, 0.3) is 0 Å². The Balaban J connectivity index is 2.19. The van der Waals surface area contributed by atoms with Gasteiger partial charge in [-0.3, -0.25) is 4.98 Å². The first-order valence-electron chi connectivity index (χ1n) is 6.17. The molecule has 0 saturated heterocycles. The average Bonchev–Trinajstić information content (AvgIpc) is 2.39. The minimum atomic E-state index is 0.662. The quantitative estimate of drug-likeness (QED) is 0.894. The highest BCUT2D eigenvalue weighted by atomic mass is 15.1. The number of aromatic nitrogens is 3. The van der Waals surface area contributed by atoms with Gasteiger partial charge in [0.1, 0.15) is 0 Å². The number of hydrogen-bond acceptors (Lipinski definition) is 4. The van der Waals surface area contributed by atoms with E-state index in [1.165, 1.54) is 5.56 Å². The molecule has 0 bridgehead atoms. The average molecular weight is 242 g/mol. The molecule has 18 heavy (non-hydrogen) atoms. The molecule has 0 unspecified atom stereocenters. The molecule has 2 aromatic rings. The number of anilines is 1. The molecular weight excluding hydrogens is 224 g/mol. The summed E-state index contributed by atoms with van der Waals surface area (Å²) in [5.74, 6) is 0.662. The van der Waals surface area contributed by atoms with Gasteiger partial charge in [0.2, 0.25) is 5.95 Å². The summed E-state index contributed by atoms with van der Waals surface area (Å²) in [6, 6.07) is 6.18. The van der Waals surface area contributed by atoms with Crippen LogP contribution < -0.4 is 5.32 Å². The molecule has 1 N–H and O–H groups in total. The van der Waals surface area contributed by atoms with Crippen molar-refractivity contribution in [1.29, 1.82) is 0 Å². The Labute approximate surface area is 108 Å². The highest BCUT2D eigenvalue weighted by Crippen LogP contribution is 2.10. The maximum atomic E-state index is 4.45. The molecule has 0 aliphatic carbocycles. The van der Waals surface area contributed by atoms with Crippen molar-refractivity contribution in [2.75, 3.05) is 12.4 Å². The number of aryl methyl sites for hydroxylation is 2. The number of nitrogens with one attached hydrogen (secondary N) is 1. The fourth-order valence-electron chi connectivity index (χ4n) is 1.79. The topological polar surface area (TPSA) is 50.7 Å². The van der Waals surface area contributed by atoms with E-state index < -0.39 is 0 Å². The van der Waals surface area contributed by atoms with Gasteiger partial charge in [0.25, 0.3) is 0 Å². The second-order valence-electron chi connectivity index (χ2n) is 4.26. The predicted octanol–water partition coefficient (Wildman–Crippen LogP) is 2.37. The Kier molecular flexibility index (Phi) is 3.87. The molecule has 94 valence electrons. The van der Waals surface area contributed by atoms with Crippen LogP contribution >= 0.6 is 0 Å². The van der Waals surface area contributed by atoms with Gasteiger partial charge in [-0.25, -0.2) is 9.97 Å². The first kappa shape index (κ1) is 12.5. The Bertz CT molecular complexity index is 520. The Morgan fingerprint density at radius 1 is 1.17 bits per heavy atom. The molecule has 0 spiro atoms. The van der Waals surface area contributed by atoms with Crippen molar-refractivity contribution in [1.82, 2.24) is 15.0 Å². The zero-order valence-electron chi connectivity index (χ0n) is 11.1. The summed E-state index contributed by atoms with van der Waals surface area (Å²) < 4.78 is 0. The molecule has 4 nitrogen and oxygen atoms in total. The monoisotopic (exact) mass is 242 g/mol. The fourth-order valence-corrected chi connectivity index (χ4v) is 1.79. The van der Waals surface area contributed by atoms with E-state index in [1.807, 2.05) is 26.2 Å². The van der Waals surface area contributed by atoms with E-state index in [4.69, 9.17) is 0 Å². The molecule has 0 saturated carbocycles. The lowest BCUT2D eigenvalue weighted by atomic mass is 10.1. The van der Waals surface area contributed by atoms with Gasteiger partial charge >= 0.3 is 0 Å². The van der Waals surface area contributed by atoms with Crippen LogP contribution in [-0.2, 0) is 12.8 Å². The molecule has 0 aliphatic heterocycles. The Morgan fingerprint density at radius 3 is 2.61 bits per heavy atom. The number of pyridine rings is 1. The van der Waals surface area contributed by atoms with Crippen LogP contribution in [0, 0.1) is 6.92 Å². The van der Waals surface area contributed by atoms with Crippen molar-refractivity contribution < 1.29 is 0 Å². The number of rotatable bonds is 4. The molecule has 0 atom stereocenters. The summed E-state index contributed by atoms with van der Waals surface area (Å²) in [6.45, 7) is 4.10. The zero-order valence-corrected chi connectivity index (χ0v) is 11.1. The standard InChI is InChI=1S/C14H18N4/c1-4-11-5-6-12(16-9-11)8-13-7-10(2)17-14(15-3)18-13/h5-7,9H,4,8H2,1-3H3,(H,15,17,18). The summed E-state index contributed by atoms with van der Waals surface area (Å²) in [5.41, 5.74) is 4.25. The molecule has 0 amide bonds. The predicted molar refractivity (Wildman–Crippen MR) is 72.7 cm³/mol. The van der Waals surface area contributed by atoms with Crippen LogP contribution in [0.4, 0.5) is 5.95 Å². The van der Waals surface area contributed by atoms with Crippen LogP contribution in [0.1, 0.15) is 29.6 Å². The second-order valence-corrected chi connectivity index (χ2v) is 4.26. The molecule has 0 aromatic carbocycles. The third kappa shape index (κ3) is 3.03. The zero-order chi connectivity index (χ0) is 13.0. The van der Waals surface area contributed by atoms with Crippen LogP contribution in [0.3, 0.4) is 0 Å². The smallest absolute Gasteiger partial charge is 0.222 e. The molecule has 2 heterocycles. The highest BCUT2D eigenvalue weighted by molar-refractivity contribution is 5.29. The van der Waals surface area contributed by atoms with Crippen molar-refractivity contribution in [3.05, 3.63) is 47.0 Å². The third-order valence-electron chi connectivity index (χ3n) is 2.79. The molecule has 2 aromatic heterocycles. The van der Waals surface area contributed by atoms with Crippen LogP contribution in [0.5, 0.6) is 0 Å². The fraction of sp³-hybridized carbons (Fsp3) is 0.357. The van der Waals surface area contributed by atoms with Gasteiger partial charge in [0.05, 0.1) is 5.69 Å². The van der Waals surface area contributed by atoms with Crippen molar-refractivity contribution in [2.45, 2.75) is 26.7 Å². The van der Waals surface area contributed by atoms with Crippen molar-refractivity contribution >= 4 is 5.95 Å². The number of hydrogen-bond donors (Lipinski definition) is 1. The van der Waals surface area contributed by atoms with Crippen LogP contribution in [0.2, 0.25) is 0 Å². The van der Waals surface area contributed by atoms with Crippen molar-refractivity contribution in [3.8, 4) is 0 Å². The van der Waals surface area contributed by atoms with E-state index >= 15 is 0 Å². The molecular formula is C14H18N4. The van der Waals surface area contributed by atoms with Gasteiger partial charge in [0.15, 0.2) is 0 Å². The maximum absolute atomic E-state index is 4.45. The SMILES string of the molecule is CCc1ccc(Cc2cc(C)nc(NC)n2)nc1. The van der Waals surface area contributed by atoms with Crippen molar-refractivity contribution in [2.24, 2.45) is 0 Å². The lowest BCUT2D eigenvalue weighted by molar-refractivity contribution is 0.961. The third-order valence-corrected chi connectivity index (χ3v) is 2.79. The second kappa shape index (κ2) is 5.58. The summed E-state index contributed by atoms with van der Waals surface area (Å²) in [6.07, 6.45) is 3.69. The summed E-state index contributed by atoms with van der Waals surface area (Å²) in [7, 11) is 1.83. The molecule has 2 rings (SSSR count).